The summed E-state index contributed by atoms with van der Waals surface area (Å²) in [6, 6.07) is 30.5. The van der Waals surface area contributed by atoms with Gasteiger partial charge in [0.05, 0.1) is 51.1 Å². The first kappa shape index (κ1) is 31.3. The SMILES string of the molecule is [C-]#[N+]c1cccc(C(F)(F)F)c1-c1cc(-n2c3ccccc3c3cccc(C)c32)c(C(F)(F)F)cc1-n1c2ccccc2c2cccc(C)c21. The van der Waals surface area contributed by atoms with Crippen molar-refractivity contribution in [2.24, 2.45) is 0 Å². The zero-order valence-electron chi connectivity index (χ0n) is 26.6. The molecule has 0 saturated carbocycles. The Morgan fingerprint density at radius 1 is 0.520 bits per heavy atom. The molecule has 0 fully saturated rings. The summed E-state index contributed by atoms with van der Waals surface area (Å²) in [6.45, 7) is 11.5. The van der Waals surface area contributed by atoms with Crippen molar-refractivity contribution in [1.29, 1.82) is 0 Å². The minimum Gasteiger partial charge on any atom is -0.308 e. The van der Waals surface area contributed by atoms with E-state index in [2.05, 4.69) is 4.85 Å². The monoisotopic (exact) mass is 673 g/mol. The molecule has 2 heterocycles. The minimum atomic E-state index is -4.93. The molecule has 2 aromatic heterocycles. The Balaban J connectivity index is 1.65. The molecule has 0 aliphatic carbocycles. The summed E-state index contributed by atoms with van der Waals surface area (Å²) >= 11 is 0. The number of aryl methyl sites for hydroxylation is 2. The van der Waals surface area contributed by atoms with Gasteiger partial charge in [-0.05, 0) is 54.8 Å². The Kier molecular flexibility index (Phi) is 6.88. The molecular weight excluding hydrogens is 648 g/mol. The molecule has 0 aliphatic rings. The third-order valence-corrected chi connectivity index (χ3v) is 9.43. The average Bonchev–Trinajstić information content (AvgIpc) is 3.61. The van der Waals surface area contributed by atoms with Crippen LogP contribution in [0, 0.1) is 20.4 Å². The molecule has 0 N–H and O–H groups in total. The van der Waals surface area contributed by atoms with Crippen molar-refractivity contribution in [3.63, 3.8) is 0 Å². The van der Waals surface area contributed by atoms with Crippen LogP contribution in [0.5, 0.6) is 0 Å². The van der Waals surface area contributed by atoms with Crippen LogP contribution >= 0.6 is 0 Å². The second kappa shape index (κ2) is 11.0. The van der Waals surface area contributed by atoms with Crippen molar-refractivity contribution in [3.05, 3.63) is 149 Å². The number of fused-ring (bicyclic) bond motifs is 6. The number of aromatic nitrogens is 2. The summed E-state index contributed by atoms with van der Waals surface area (Å²) in [6.07, 6.45) is -9.85. The summed E-state index contributed by atoms with van der Waals surface area (Å²) in [5.41, 5.74) is -0.159. The number of hydrogen-bond donors (Lipinski definition) is 0. The van der Waals surface area contributed by atoms with Gasteiger partial charge in [-0.25, -0.2) is 4.85 Å². The van der Waals surface area contributed by atoms with Gasteiger partial charge < -0.3 is 9.13 Å². The molecule has 0 radical (unpaired) electrons. The average molecular weight is 674 g/mol. The van der Waals surface area contributed by atoms with E-state index in [9.17, 15) is 13.2 Å². The van der Waals surface area contributed by atoms with E-state index in [-0.39, 0.29) is 22.6 Å². The Labute approximate surface area is 282 Å². The first-order valence-electron chi connectivity index (χ1n) is 15.7. The van der Waals surface area contributed by atoms with Crippen LogP contribution in [0.25, 0.3) is 71.0 Å². The molecule has 246 valence electrons. The van der Waals surface area contributed by atoms with Gasteiger partial charge in [0.15, 0.2) is 5.69 Å². The van der Waals surface area contributed by atoms with Crippen LogP contribution in [0.15, 0.2) is 115 Å². The van der Waals surface area contributed by atoms with E-state index in [1.165, 1.54) is 16.7 Å². The third-order valence-electron chi connectivity index (χ3n) is 9.43. The predicted molar refractivity (Wildman–Crippen MR) is 186 cm³/mol. The van der Waals surface area contributed by atoms with Gasteiger partial charge in [-0.3, -0.25) is 0 Å². The zero-order valence-corrected chi connectivity index (χ0v) is 26.6. The molecule has 8 aromatic rings. The lowest BCUT2D eigenvalue weighted by atomic mass is 9.93. The zero-order chi connectivity index (χ0) is 35.1. The molecule has 0 bridgehead atoms. The second-order valence-electron chi connectivity index (χ2n) is 12.3. The highest BCUT2D eigenvalue weighted by Gasteiger charge is 2.39. The van der Waals surface area contributed by atoms with Crippen LogP contribution in [0.4, 0.5) is 32.0 Å². The van der Waals surface area contributed by atoms with Crippen LogP contribution in [-0.2, 0) is 12.4 Å². The Morgan fingerprint density at radius 2 is 1.00 bits per heavy atom. The summed E-state index contributed by atoms with van der Waals surface area (Å²) in [4.78, 5) is 3.47. The van der Waals surface area contributed by atoms with Gasteiger partial charge >= 0.3 is 12.4 Å². The summed E-state index contributed by atoms with van der Waals surface area (Å²) in [5.74, 6) is 0. The molecule has 50 heavy (non-hydrogen) atoms. The molecule has 6 aromatic carbocycles. The standard InChI is InChI=1S/C41H25F6N3/c1-23-11-8-15-27-25-13-4-6-19-33(25)49(38(23)27)35-22-31(41(45,46)47)36(21-29(35)37-30(40(42,43)44)17-10-18-32(37)48-3)50-34-20-7-5-14-26(34)28-16-9-12-24(2)39(28)50/h4-22H,1-2H3. The number of para-hydroxylation sites is 4. The molecule has 0 unspecified atom stereocenters. The van der Waals surface area contributed by atoms with Gasteiger partial charge in [0.1, 0.15) is 0 Å². The second-order valence-corrected chi connectivity index (χ2v) is 12.3. The topological polar surface area (TPSA) is 14.2 Å². The van der Waals surface area contributed by atoms with Crippen molar-refractivity contribution in [3.8, 4) is 22.5 Å². The largest absolute Gasteiger partial charge is 0.418 e. The Hall–Kier alpha value is -6.01. The van der Waals surface area contributed by atoms with Gasteiger partial charge in [0.2, 0.25) is 0 Å². The maximum Gasteiger partial charge on any atom is 0.418 e. The van der Waals surface area contributed by atoms with E-state index in [4.69, 9.17) is 6.57 Å². The normalized spacial score (nSPS) is 12.4. The highest BCUT2D eigenvalue weighted by atomic mass is 19.4. The Morgan fingerprint density at radius 3 is 1.52 bits per heavy atom. The van der Waals surface area contributed by atoms with Gasteiger partial charge in [-0.2, -0.15) is 26.3 Å². The van der Waals surface area contributed by atoms with Crippen LogP contribution in [0.1, 0.15) is 22.3 Å². The van der Waals surface area contributed by atoms with Crippen molar-refractivity contribution >= 4 is 49.3 Å². The lowest BCUT2D eigenvalue weighted by molar-refractivity contribution is -0.138. The lowest BCUT2D eigenvalue weighted by Crippen LogP contribution is -2.14. The van der Waals surface area contributed by atoms with E-state index in [1.807, 2.05) is 49.4 Å². The number of hydrogen-bond acceptors (Lipinski definition) is 0. The number of nitrogens with zero attached hydrogens (tertiary/aromatic N) is 3. The molecule has 0 spiro atoms. The Bertz CT molecular complexity index is 2720. The molecule has 9 heteroatoms. The van der Waals surface area contributed by atoms with Gasteiger partial charge in [-0.1, -0.05) is 91.0 Å². The van der Waals surface area contributed by atoms with Crippen molar-refractivity contribution < 1.29 is 26.3 Å². The number of alkyl halides is 6. The van der Waals surface area contributed by atoms with Crippen LogP contribution < -0.4 is 0 Å². The number of halogens is 6. The number of benzene rings is 6. The van der Waals surface area contributed by atoms with Crippen molar-refractivity contribution in [2.45, 2.75) is 26.2 Å². The molecule has 0 atom stereocenters. The molecule has 0 saturated heterocycles. The summed E-state index contributed by atoms with van der Waals surface area (Å²) in [5, 5.41) is 2.86. The third kappa shape index (κ3) is 4.59. The van der Waals surface area contributed by atoms with Crippen LogP contribution in [0.2, 0.25) is 0 Å². The van der Waals surface area contributed by atoms with Gasteiger partial charge in [0, 0.05) is 27.1 Å². The molecule has 3 nitrogen and oxygen atoms in total. The minimum absolute atomic E-state index is 0.124. The van der Waals surface area contributed by atoms with Gasteiger partial charge in [0.25, 0.3) is 0 Å². The first-order chi connectivity index (χ1) is 23.9. The van der Waals surface area contributed by atoms with Crippen molar-refractivity contribution in [1.82, 2.24) is 9.13 Å². The highest BCUT2D eigenvalue weighted by Crippen LogP contribution is 2.49. The first-order valence-corrected chi connectivity index (χ1v) is 15.7. The van der Waals surface area contributed by atoms with E-state index in [0.29, 0.717) is 38.4 Å². The fourth-order valence-corrected chi connectivity index (χ4v) is 7.41. The highest BCUT2D eigenvalue weighted by molar-refractivity contribution is 6.12. The van der Waals surface area contributed by atoms with E-state index in [1.54, 1.807) is 54.0 Å². The quantitative estimate of drug-likeness (QED) is 0.131. The maximum atomic E-state index is 15.6. The molecule has 8 rings (SSSR count). The summed E-state index contributed by atoms with van der Waals surface area (Å²) in [7, 11) is 0. The fourth-order valence-electron chi connectivity index (χ4n) is 7.41. The van der Waals surface area contributed by atoms with E-state index >= 15 is 13.2 Å². The van der Waals surface area contributed by atoms with Crippen molar-refractivity contribution in [2.75, 3.05) is 0 Å². The van der Waals surface area contributed by atoms with Gasteiger partial charge in [-0.15, -0.1) is 0 Å². The smallest absolute Gasteiger partial charge is 0.308 e. The van der Waals surface area contributed by atoms with E-state index < -0.39 is 29.0 Å². The molecule has 0 amide bonds. The van der Waals surface area contributed by atoms with Crippen LogP contribution in [0.3, 0.4) is 0 Å². The van der Waals surface area contributed by atoms with Crippen LogP contribution in [-0.4, -0.2) is 9.13 Å². The predicted octanol–water partition coefficient (Wildman–Crippen LogP) is 12.8. The molecule has 0 aliphatic heterocycles. The fraction of sp³-hybridized carbons (Fsp3) is 0.0976. The lowest BCUT2D eigenvalue weighted by Gasteiger charge is -2.24. The number of rotatable bonds is 3. The van der Waals surface area contributed by atoms with E-state index in [0.717, 1.165) is 34.5 Å². The maximum absolute atomic E-state index is 15.6. The summed E-state index contributed by atoms with van der Waals surface area (Å²) < 4.78 is 94.5. The molecular formula is C41H25F6N3.